The largest absolute Gasteiger partial charge is 0.339 e. The fourth-order valence-corrected chi connectivity index (χ4v) is 3.17. The van der Waals surface area contributed by atoms with Crippen molar-refractivity contribution in [1.82, 2.24) is 20.4 Å². The molecule has 0 radical (unpaired) electrons. The van der Waals surface area contributed by atoms with E-state index in [9.17, 15) is 0 Å². The zero-order valence-corrected chi connectivity index (χ0v) is 11.8. The first-order valence-electron chi connectivity index (χ1n) is 7.63. The van der Waals surface area contributed by atoms with Crippen LogP contribution in [0.3, 0.4) is 0 Å². The number of rotatable bonds is 3. The minimum atomic E-state index is 0.267. The third-order valence-corrected chi connectivity index (χ3v) is 4.48. The molecular formula is C14H24N4O. The number of hydrogen-bond acceptors (Lipinski definition) is 5. The fourth-order valence-electron chi connectivity index (χ4n) is 3.17. The number of aromatic nitrogens is 2. The summed E-state index contributed by atoms with van der Waals surface area (Å²) in [6, 6.07) is 0.267. The van der Waals surface area contributed by atoms with Gasteiger partial charge in [0, 0.05) is 32.1 Å². The van der Waals surface area contributed by atoms with E-state index < -0.39 is 0 Å². The zero-order valence-electron chi connectivity index (χ0n) is 11.8. The highest BCUT2D eigenvalue weighted by Gasteiger charge is 2.26. The van der Waals surface area contributed by atoms with Gasteiger partial charge in [-0.2, -0.15) is 4.98 Å². The van der Waals surface area contributed by atoms with Crippen LogP contribution in [0.1, 0.15) is 62.7 Å². The smallest absolute Gasteiger partial charge is 0.229 e. The quantitative estimate of drug-likeness (QED) is 0.906. The molecule has 1 aromatic heterocycles. The molecule has 0 amide bonds. The third-order valence-electron chi connectivity index (χ3n) is 4.48. The highest BCUT2D eigenvalue weighted by atomic mass is 16.5. The van der Waals surface area contributed by atoms with E-state index in [0.717, 1.165) is 37.9 Å². The molecule has 19 heavy (non-hydrogen) atoms. The summed E-state index contributed by atoms with van der Waals surface area (Å²) in [7, 11) is 0. The van der Waals surface area contributed by atoms with Crippen molar-refractivity contribution in [2.24, 2.45) is 0 Å². The number of piperazine rings is 1. The number of hydrogen-bond donors (Lipinski definition) is 1. The molecule has 0 spiro atoms. The summed E-state index contributed by atoms with van der Waals surface area (Å²) in [4.78, 5) is 7.09. The fraction of sp³-hybridized carbons (Fsp3) is 0.857. The van der Waals surface area contributed by atoms with E-state index in [-0.39, 0.29) is 6.04 Å². The lowest BCUT2D eigenvalue weighted by Gasteiger charge is -2.30. The van der Waals surface area contributed by atoms with Crippen molar-refractivity contribution in [2.75, 3.05) is 26.2 Å². The van der Waals surface area contributed by atoms with Crippen molar-refractivity contribution in [1.29, 1.82) is 0 Å². The lowest BCUT2D eigenvalue weighted by molar-refractivity contribution is 0.176. The van der Waals surface area contributed by atoms with Gasteiger partial charge >= 0.3 is 0 Å². The van der Waals surface area contributed by atoms with Gasteiger partial charge in [0.2, 0.25) is 5.89 Å². The van der Waals surface area contributed by atoms with Crippen LogP contribution < -0.4 is 5.32 Å². The van der Waals surface area contributed by atoms with Crippen molar-refractivity contribution >= 4 is 0 Å². The van der Waals surface area contributed by atoms with Crippen LogP contribution in [-0.4, -0.2) is 41.2 Å². The average molecular weight is 264 g/mol. The minimum Gasteiger partial charge on any atom is -0.339 e. The second kappa shape index (κ2) is 6.01. The van der Waals surface area contributed by atoms with Gasteiger partial charge in [0.25, 0.3) is 0 Å². The maximum absolute atomic E-state index is 5.51. The van der Waals surface area contributed by atoms with Crippen LogP contribution in [0.4, 0.5) is 0 Å². The summed E-state index contributed by atoms with van der Waals surface area (Å²) in [6.45, 7) is 6.42. The SMILES string of the molecule is CC(c1noc(C2CCCCC2)n1)N1CCNCC1. The molecule has 2 aliphatic rings. The average Bonchev–Trinajstić information content (AvgIpc) is 2.98. The Balaban J connectivity index is 1.65. The van der Waals surface area contributed by atoms with Crippen LogP contribution >= 0.6 is 0 Å². The third kappa shape index (κ3) is 2.98. The molecule has 1 unspecified atom stereocenters. The molecule has 1 aromatic rings. The van der Waals surface area contributed by atoms with Gasteiger partial charge in [-0.05, 0) is 19.8 Å². The zero-order chi connectivity index (χ0) is 13.1. The molecule has 2 fully saturated rings. The summed E-state index contributed by atoms with van der Waals surface area (Å²) >= 11 is 0. The highest BCUT2D eigenvalue weighted by Crippen LogP contribution is 2.32. The molecule has 0 aromatic carbocycles. The molecule has 0 bridgehead atoms. The van der Waals surface area contributed by atoms with E-state index in [1.165, 1.54) is 32.1 Å². The van der Waals surface area contributed by atoms with Crippen molar-refractivity contribution in [3.05, 3.63) is 11.7 Å². The minimum absolute atomic E-state index is 0.267. The predicted octanol–water partition coefficient (Wildman–Crippen LogP) is 2.08. The van der Waals surface area contributed by atoms with Crippen LogP contribution in [-0.2, 0) is 0 Å². The molecular weight excluding hydrogens is 240 g/mol. The molecule has 1 N–H and O–H groups in total. The van der Waals surface area contributed by atoms with Crippen molar-refractivity contribution in [3.63, 3.8) is 0 Å². The Hall–Kier alpha value is -0.940. The van der Waals surface area contributed by atoms with Crippen molar-refractivity contribution < 1.29 is 4.52 Å². The molecule has 3 rings (SSSR count). The molecule has 106 valence electrons. The second-order valence-electron chi connectivity index (χ2n) is 5.79. The molecule has 2 heterocycles. The Morgan fingerprint density at radius 1 is 1.21 bits per heavy atom. The molecule has 1 saturated carbocycles. The Labute approximate surface area is 114 Å². The van der Waals surface area contributed by atoms with Gasteiger partial charge in [-0.3, -0.25) is 4.90 Å². The second-order valence-corrected chi connectivity index (χ2v) is 5.79. The van der Waals surface area contributed by atoms with Gasteiger partial charge < -0.3 is 9.84 Å². The first kappa shape index (κ1) is 13.1. The van der Waals surface area contributed by atoms with Crippen LogP contribution in [0.5, 0.6) is 0 Å². The monoisotopic (exact) mass is 264 g/mol. The standard InChI is InChI=1S/C14H24N4O/c1-11(18-9-7-15-8-10-18)13-16-14(19-17-13)12-5-3-2-4-6-12/h11-12,15H,2-10H2,1H3. The Morgan fingerprint density at radius 3 is 2.68 bits per heavy atom. The van der Waals surface area contributed by atoms with E-state index in [1.807, 2.05) is 0 Å². The van der Waals surface area contributed by atoms with Gasteiger partial charge in [-0.25, -0.2) is 0 Å². The Morgan fingerprint density at radius 2 is 1.95 bits per heavy atom. The Bertz CT molecular complexity index is 394. The molecule has 5 nitrogen and oxygen atoms in total. The summed E-state index contributed by atoms with van der Waals surface area (Å²) in [5.41, 5.74) is 0. The van der Waals surface area contributed by atoms with Gasteiger partial charge in [-0.1, -0.05) is 24.4 Å². The maximum Gasteiger partial charge on any atom is 0.229 e. The molecule has 1 atom stereocenters. The lowest BCUT2D eigenvalue weighted by Crippen LogP contribution is -2.44. The van der Waals surface area contributed by atoms with Crippen molar-refractivity contribution in [2.45, 2.75) is 51.0 Å². The van der Waals surface area contributed by atoms with Crippen LogP contribution in [0.15, 0.2) is 4.52 Å². The normalized spacial score (nSPS) is 24.5. The topological polar surface area (TPSA) is 54.2 Å². The maximum atomic E-state index is 5.51. The van der Waals surface area contributed by atoms with Gasteiger partial charge in [0.1, 0.15) is 0 Å². The van der Waals surface area contributed by atoms with Gasteiger partial charge in [-0.15, -0.1) is 0 Å². The molecule has 1 saturated heterocycles. The van der Waals surface area contributed by atoms with E-state index in [2.05, 4.69) is 27.3 Å². The summed E-state index contributed by atoms with van der Waals surface area (Å²) < 4.78 is 5.51. The summed E-state index contributed by atoms with van der Waals surface area (Å²) in [6.07, 6.45) is 6.38. The van der Waals surface area contributed by atoms with Crippen molar-refractivity contribution in [3.8, 4) is 0 Å². The van der Waals surface area contributed by atoms with Crippen LogP contribution in [0.2, 0.25) is 0 Å². The van der Waals surface area contributed by atoms with Gasteiger partial charge in [0.15, 0.2) is 5.82 Å². The van der Waals surface area contributed by atoms with E-state index >= 15 is 0 Å². The predicted molar refractivity (Wildman–Crippen MR) is 73.0 cm³/mol. The Kier molecular flexibility index (Phi) is 4.13. The van der Waals surface area contributed by atoms with Crippen LogP contribution in [0.25, 0.3) is 0 Å². The molecule has 1 aliphatic carbocycles. The van der Waals surface area contributed by atoms with E-state index in [0.29, 0.717) is 5.92 Å². The van der Waals surface area contributed by atoms with E-state index in [1.54, 1.807) is 0 Å². The lowest BCUT2D eigenvalue weighted by atomic mass is 9.89. The highest BCUT2D eigenvalue weighted by molar-refractivity contribution is 4.99. The van der Waals surface area contributed by atoms with E-state index in [4.69, 9.17) is 4.52 Å². The number of nitrogens with zero attached hydrogens (tertiary/aromatic N) is 3. The molecule has 5 heteroatoms. The first-order chi connectivity index (χ1) is 9.34. The van der Waals surface area contributed by atoms with Crippen LogP contribution in [0, 0.1) is 0 Å². The molecule has 1 aliphatic heterocycles. The number of nitrogens with one attached hydrogen (secondary N) is 1. The summed E-state index contributed by atoms with van der Waals surface area (Å²) in [5, 5.41) is 7.59. The van der Waals surface area contributed by atoms with Gasteiger partial charge in [0.05, 0.1) is 6.04 Å². The summed E-state index contributed by atoms with van der Waals surface area (Å²) in [5.74, 6) is 2.24. The first-order valence-corrected chi connectivity index (χ1v) is 7.63.